The molecule has 5 nitrogen and oxygen atoms in total. The third-order valence-electron chi connectivity index (χ3n) is 5.32. The summed E-state index contributed by atoms with van der Waals surface area (Å²) < 4.78 is 10.7. The lowest BCUT2D eigenvalue weighted by atomic mass is 10.0. The maximum atomic E-state index is 6.44. The van der Waals surface area contributed by atoms with E-state index in [0.717, 1.165) is 42.2 Å². The van der Waals surface area contributed by atoms with Gasteiger partial charge in [0.2, 0.25) is 0 Å². The summed E-state index contributed by atoms with van der Waals surface area (Å²) in [4.78, 5) is 4.62. The first-order valence-corrected chi connectivity index (χ1v) is 10.5. The molecule has 3 rings (SSSR count). The van der Waals surface area contributed by atoms with E-state index in [2.05, 4.69) is 28.2 Å². The quantitative estimate of drug-likeness (QED) is 0.668. The fourth-order valence-electron chi connectivity index (χ4n) is 3.59. The number of hydrogen-bond acceptors (Lipinski definition) is 4. The molecule has 0 amide bonds. The van der Waals surface area contributed by atoms with Crippen LogP contribution in [0.5, 0.6) is 11.5 Å². The predicted molar refractivity (Wildman–Crippen MR) is 123 cm³/mol. The smallest absolute Gasteiger partial charge is 0.173 e. The highest BCUT2D eigenvalue weighted by Gasteiger charge is 2.26. The maximum Gasteiger partial charge on any atom is 0.173 e. The lowest BCUT2D eigenvalue weighted by Gasteiger charge is -2.39. The van der Waals surface area contributed by atoms with E-state index in [-0.39, 0.29) is 0 Å². The van der Waals surface area contributed by atoms with Gasteiger partial charge in [-0.3, -0.25) is 0 Å². The van der Waals surface area contributed by atoms with Crippen molar-refractivity contribution < 1.29 is 9.47 Å². The van der Waals surface area contributed by atoms with Crippen molar-refractivity contribution in [3.63, 3.8) is 0 Å². The molecule has 1 fully saturated rings. The van der Waals surface area contributed by atoms with Crippen molar-refractivity contribution in [3.8, 4) is 11.5 Å². The summed E-state index contributed by atoms with van der Waals surface area (Å²) in [5.74, 6) is 1.35. The summed E-state index contributed by atoms with van der Waals surface area (Å²) in [7, 11) is 5.41. The van der Waals surface area contributed by atoms with E-state index in [1.807, 2.05) is 36.4 Å². The van der Waals surface area contributed by atoms with E-state index in [1.165, 1.54) is 0 Å². The number of benzene rings is 2. The third-order valence-corrected chi connectivity index (χ3v) is 6.03. The molecule has 0 radical (unpaired) electrons. The average Bonchev–Trinajstić information content (AvgIpc) is 2.73. The molecule has 0 saturated carbocycles. The monoisotopic (exact) mass is 433 g/mol. The normalized spacial score (nSPS) is 15.0. The summed E-state index contributed by atoms with van der Waals surface area (Å²) >= 11 is 12.3. The zero-order chi connectivity index (χ0) is 20.8. The van der Waals surface area contributed by atoms with Crippen LogP contribution in [0.1, 0.15) is 18.4 Å². The molecule has 1 heterocycles. The Bertz CT molecular complexity index is 841. The second-order valence-electron chi connectivity index (χ2n) is 7.25. The molecule has 0 spiro atoms. The van der Waals surface area contributed by atoms with E-state index in [1.54, 1.807) is 14.2 Å². The topological polar surface area (TPSA) is 37.0 Å². The summed E-state index contributed by atoms with van der Waals surface area (Å²) in [6.45, 7) is 2.79. The molecule has 0 aliphatic carbocycles. The minimum Gasteiger partial charge on any atom is -0.493 e. The van der Waals surface area contributed by atoms with E-state index >= 15 is 0 Å². The Morgan fingerprint density at radius 1 is 1.14 bits per heavy atom. The van der Waals surface area contributed by atoms with Gasteiger partial charge in [0, 0.05) is 29.4 Å². The van der Waals surface area contributed by atoms with E-state index < -0.39 is 0 Å². The van der Waals surface area contributed by atoms with Crippen molar-refractivity contribution in [3.05, 3.63) is 53.1 Å². The molecule has 1 saturated heterocycles. The molecule has 1 N–H and O–H groups in total. The number of hydrogen-bond donors (Lipinski definition) is 1. The lowest BCUT2D eigenvalue weighted by molar-refractivity contribution is 0.173. The van der Waals surface area contributed by atoms with Gasteiger partial charge in [0.15, 0.2) is 16.6 Å². The molecule has 0 bridgehead atoms. The molecular formula is C22H28ClN3O2S. The van der Waals surface area contributed by atoms with Crippen molar-refractivity contribution >= 4 is 34.6 Å². The standard InChI is InChI=1S/C22H28ClN3O2S/c1-25-12-10-18(11-13-25)26(15-16-6-4-5-7-19(16)23)22(29)24-17-8-9-20(27-2)21(14-17)28-3/h4-9,14,18H,10-13,15H2,1-3H3,(H,24,29). The second kappa shape index (κ2) is 10.1. The van der Waals surface area contributed by atoms with Gasteiger partial charge in [-0.25, -0.2) is 0 Å². The van der Waals surface area contributed by atoms with Gasteiger partial charge in [0.05, 0.1) is 14.2 Å². The second-order valence-corrected chi connectivity index (χ2v) is 8.05. The highest BCUT2D eigenvalue weighted by Crippen LogP contribution is 2.30. The van der Waals surface area contributed by atoms with Crippen molar-refractivity contribution in [2.45, 2.75) is 25.4 Å². The van der Waals surface area contributed by atoms with Crippen LogP contribution in [-0.4, -0.2) is 55.3 Å². The molecule has 1 aliphatic heterocycles. The maximum absolute atomic E-state index is 6.44. The Kier molecular flexibility index (Phi) is 7.58. The van der Waals surface area contributed by atoms with Gasteiger partial charge < -0.3 is 24.6 Å². The first kappa shape index (κ1) is 21.7. The summed E-state index contributed by atoms with van der Waals surface area (Å²) in [5.41, 5.74) is 1.94. The number of rotatable bonds is 6. The van der Waals surface area contributed by atoms with Crippen molar-refractivity contribution in [1.29, 1.82) is 0 Å². The molecule has 156 valence electrons. The largest absolute Gasteiger partial charge is 0.493 e. The predicted octanol–water partition coefficient (Wildman–Crippen LogP) is 4.65. The van der Waals surface area contributed by atoms with Gasteiger partial charge in [0.1, 0.15) is 0 Å². The third kappa shape index (κ3) is 5.53. The van der Waals surface area contributed by atoms with Crippen LogP contribution in [0.25, 0.3) is 0 Å². The number of halogens is 1. The van der Waals surface area contributed by atoms with Gasteiger partial charge in [-0.15, -0.1) is 0 Å². The number of piperidine rings is 1. The number of thiocarbonyl (C=S) groups is 1. The Labute approximate surface area is 183 Å². The zero-order valence-electron chi connectivity index (χ0n) is 17.2. The molecular weight excluding hydrogens is 406 g/mol. The van der Waals surface area contributed by atoms with E-state index in [9.17, 15) is 0 Å². The van der Waals surface area contributed by atoms with Gasteiger partial charge in [0.25, 0.3) is 0 Å². The Morgan fingerprint density at radius 3 is 2.48 bits per heavy atom. The average molecular weight is 434 g/mol. The zero-order valence-corrected chi connectivity index (χ0v) is 18.7. The van der Waals surface area contributed by atoms with Crippen LogP contribution >= 0.6 is 23.8 Å². The molecule has 2 aromatic carbocycles. The summed E-state index contributed by atoms with van der Waals surface area (Å²) in [5, 5.41) is 4.83. The highest BCUT2D eigenvalue weighted by atomic mass is 35.5. The summed E-state index contributed by atoms with van der Waals surface area (Å²) in [6, 6.07) is 14.0. The Balaban J connectivity index is 1.81. The Hall–Kier alpha value is -2.02. The van der Waals surface area contributed by atoms with Gasteiger partial charge in [-0.1, -0.05) is 29.8 Å². The number of anilines is 1. The molecule has 0 atom stereocenters. The van der Waals surface area contributed by atoms with Crippen LogP contribution in [0.15, 0.2) is 42.5 Å². The van der Waals surface area contributed by atoms with Crippen LogP contribution in [0.3, 0.4) is 0 Å². The highest BCUT2D eigenvalue weighted by molar-refractivity contribution is 7.80. The van der Waals surface area contributed by atoms with Crippen LogP contribution in [0.2, 0.25) is 5.02 Å². The van der Waals surface area contributed by atoms with Crippen LogP contribution in [0.4, 0.5) is 5.69 Å². The van der Waals surface area contributed by atoms with Crippen LogP contribution in [-0.2, 0) is 6.54 Å². The Morgan fingerprint density at radius 2 is 1.83 bits per heavy atom. The van der Waals surface area contributed by atoms with Gasteiger partial charge in [-0.2, -0.15) is 0 Å². The molecule has 2 aromatic rings. The minimum absolute atomic E-state index is 0.364. The fraction of sp³-hybridized carbons (Fsp3) is 0.409. The minimum atomic E-state index is 0.364. The molecule has 0 aromatic heterocycles. The first-order chi connectivity index (χ1) is 14.0. The molecule has 7 heteroatoms. The number of methoxy groups -OCH3 is 2. The number of likely N-dealkylation sites (tertiary alicyclic amines) is 1. The van der Waals surface area contributed by atoms with Crippen LogP contribution < -0.4 is 14.8 Å². The summed E-state index contributed by atoms with van der Waals surface area (Å²) in [6.07, 6.45) is 2.13. The van der Waals surface area contributed by atoms with Crippen LogP contribution in [0, 0.1) is 0 Å². The molecule has 0 unspecified atom stereocenters. The SMILES string of the molecule is COc1ccc(NC(=S)N(Cc2ccccc2Cl)C2CCN(C)CC2)cc1OC. The molecule has 1 aliphatic rings. The first-order valence-electron chi connectivity index (χ1n) is 9.73. The fourth-order valence-corrected chi connectivity index (χ4v) is 4.12. The van der Waals surface area contributed by atoms with Gasteiger partial charge in [-0.05, 0) is 69.0 Å². The van der Waals surface area contributed by atoms with E-state index in [4.69, 9.17) is 33.3 Å². The van der Waals surface area contributed by atoms with Crippen molar-refractivity contribution in [2.75, 3.05) is 39.7 Å². The van der Waals surface area contributed by atoms with Gasteiger partial charge >= 0.3 is 0 Å². The number of nitrogens with one attached hydrogen (secondary N) is 1. The number of ether oxygens (including phenoxy) is 2. The number of nitrogens with zero attached hydrogens (tertiary/aromatic N) is 2. The lowest BCUT2D eigenvalue weighted by Crippen LogP contribution is -2.47. The van der Waals surface area contributed by atoms with E-state index in [0.29, 0.717) is 29.2 Å². The van der Waals surface area contributed by atoms with Crippen molar-refractivity contribution in [1.82, 2.24) is 9.80 Å². The molecule has 29 heavy (non-hydrogen) atoms. The van der Waals surface area contributed by atoms with Crippen molar-refractivity contribution in [2.24, 2.45) is 0 Å².